The van der Waals surface area contributed by atoms with Gasteiger partial charge in [-0.1, -0.05) is 23.7 Å². The second-order valence-electron chi connectivity index (χ2n) is 5.61. The lowest BCUT2D eigenvalue weighted by molar-refractivity contribution is -0.117. The van der Waals surface area contributed by atoms with Gasteiger partial charge in [-0.15, -0.1) is 0 Å². The first kappa shape index (κ1) is 16.3. The first-order chi connectivity index (χ1) is 10.1. The standard InChI is InChI=1S/C16H23ClN2O2/c1-12-5-4-6-14(17)16(12)18-15(21)11-19(13-7-8-13)9-2-3-10-20/h4-6,13,20H,2-3,7-11H2,1H3,(H,18,21). The number of carbonyl (C=O) groups excluding carboxylic acids is 1. The summed E-state index contributed by atoms with van der Waals surface area (Å²) in [6, 6.07) is 6.12. The number of amides is 1. The quantitative estimate of drug-likeness (QED) is 0.726. The van der Waals surface area contributed by atoms with Gasteiger partial charge in [-0.05, 0) is 50.8 Å². The third-order valence-corrected chi connectivity index (χ3v) is 4.06. The Hall–Kier alpha value is -1.10. The number of hydrogen-bond acceptors (Lipinski definition) is 3. The molecule has 116 valence electrons. The van der Waals surface area contributed by atoms with Crippen molar-refractivity contribution in [1.82, 2.24) is 4.90 Å². The van der Waals surface area contributed by atoms with Crippen molar-refractivity contribution in [2.45, 2.75) is 38.6 Å². The van der Waals surface area contributed by atoms with Crippen LogP contribution in [0.4, 0.5) is 5.69 Å². The Morgan fingerprint density at radius 1 is 1.43 bits per heavy atom. The highest BCUT2D eigenvalue weighted by Gasteiger charge is 2.29. The van der Waals surface area contributed by atoms with Gasteiger partial charge in [-0.2, -0.15) is 0 Å². The van der Waals surface area contributed by atoms with Gasteiger partial charge in [-0.25, -0.2) is 0 Å². The maximum atomic E-state index is 12.2. The summed E-state index contributed by atoms with van der Waals surface area (Å²) in [5.41, 5.74) is 1.67. The number of aliphatic hydroxyl groups is 1. The van der Waals surface area contributed by atoms with Gasteiger partial charge >= 0.3 is 0 Å². The van der Waals surface area contributed by atoms with Gasteiger partial charge in [-0.3, -0.25) is 9.69 Å². The predicted octanol–water partition coefficient (Wildman–Crippen LogP) is 2.82. The normalized spacial score (nSPS) is 14.5. The zero-order valence-corrected chi connectivity index (χ0v) is 13.2. The number of rotatable bonds is 8. The molecule has 4 nitrogen and oxygen atoms in total. The highest BCUT2D eigenvalue weighted by molar-refractivity contribution is 6.33. The lowest BCUT2D eigenvalue weighted by Crippen LogP contribution is -2.35. The maximum absolute atomic E-state index is 12.2. The van der Waals surface area contributed by atoms with Gasteiger partial charge in [0, 0.05) is 12.6 Å². The average Bonchev–Trinajstić information content (AvgIpc) is 3.27. The molecule has 0 aliphatic heterocycles. The van der Waals surface area contributed by atoms with Crippen molar-refractivity contribution in [3.05, 3.63) is 28.8 Å². The van der Waals surface area contributed by atoms with Crippen molar-refractivity contribution in [3.8, 4) is 0 Å². The fourth-order valence-electron chi connectivity index (χ4n) is 2.41. The molecule has 0 atom stereocenters. The Morgan fingerprint density at radius 2 is 2.19 bits per heavy atom. The number of para-hydroxylation sites is 1. The molecule has 1 aliphatic rings. The minimum absolute atomic E-state index is 0.0258. The molecule has 1 amide bonds. The zero-order chi connectivity index (χ0) is 15.2. The summed E-state index contributed by atoms with van der Waals surface area (Å²) in [4.78, 5) is 14.4. The molecule has 1 aromatic carbocycles. The van der Waals surface area contributed by atoms with Crippen molar-refractivity contribution in [2.75, 3.05) is 25.0 Å². The van der Waals surface area contributed by atoms with E-state index in [0.29, 0.717) is 23.3 Å². The molecule has 5 heteroatoms. The molecule has 0 aromatic heterocycles. The Labute approximate surface area is 131 Å². The van der Waals surface area contributed by atoms with Crippen molar-refractivity contribution in [2.24, 2.45) is 0 Å². The van der Waals surface area contributed by atoms with E-state index in [2.05, 4.69) is 10.2 Å². The largest absolute Gasteiger partial charge is 0.396 e. The van der Waals surface area contributed by atoms with Crippen LogP contribution in [-0.2, 0) is 4.79 Å². The Bertz CT molecular complexity index is 469. The number of aliphatic hydroxyl groups excluding tert-OH is 1. The van der Waals surface area contributed by atoms with Gasteiger partial charge < -0.3 is 10.4 Å². The molecular formula is C16H23ClN2O2. The summed E-state index contributed by atoms with van der Waals surface area (Å²) in [5, 5.41) is 12.3. The van der Waals surface area contributed by atoms with Crippen LogP contribution in [0.3, 0.4) is 0 Å². The van der Waals surface area contributed by atoms with Gasteiger partial charge in [0.25, 0.3) is 0 Å². The third-order valence-electron chi connectivity index (χ3n) is 3.75. The van der Waals surface area contributed by atoms with Gasteiger partial charge in [0.1, 0.15) is 0 Å². The highest BCUT2D eigenvalue weighted by Crippen LogP contribution is 2.28. The van der Waals surface area contributed by atoms with Crippen LogP contribution in [0.5, 0.6) is 0 Å². The van der Waals surface area contributed by atoms with Crippen LogP contribution in [0.2, 0.25) is 5.02 Å². The monoisotopic (exact) mass is 310 g/mol. The molecule has 2 rings (SSSR count). The number of hydrogen-bond donors (Lipinski definition) is 2. The summed E-state index contributed by atoms with van der Waals surface area (Å²) >= 11 is 6.13. The summed E-state index contributed by atoms with van der Waals surface area (Å²) in [6.07, 6.45) is 4.04. The highest BCUT2D eigenvalue weighted by atomic mass is 35.5. The number of unbranched alkanes of at least 4 members (excludes halogenated alkanes) is 1. The van der Waals surface area contributed by atoms with E-state index in [1.165, 1.54) is 0 Å². The van der Waals surface area contributed by atoms with Crippen molar-refractivity contribution < 1.29 is 9.90 Å². The Morgan fingerprint density at radius 3 is 2.81 bits per heavy atom. The average molecular weight is 311 g/mol. The number of nitrogens with one attached hydrogen (secondary N) is 1. The summed E-state index contributed by atoms with van der Waals surface area (Å²) in [5.74, 6) is -0.0258. The van der Waals surface area contributed by atoms with E-state index in [4.69, 9.17) is 16.7 Å². The molecule has 0 unspecified atom stereocenters. The van der Waals surface area contributed by atoms with Crippen LogP contribution in [0.25, 0.3) is 0 Å². The fourth-order valence-corrected chi connectivity index (χ4v) is 2.68. The minimum Gasteiger partial charge on any atom is -0.396 e. The van der Waals surface area contributed by atoms with E-state index in [1.807, 2.05) is 19.1 Å². The predicted molar refractivity (Wildman–Crippen MR) is 85.7 cm³/mol. The molecule has 0 bridgehead atoms. The number of aryl methyl sites for hydroxylation is 1. The number of carbonyl (C=O) groups is 1. The Balaban J connectivity index is 1.90. The van der Waals surface area contributed by atoms with Crippen molar-refractivity contribution in [3.63, 3.8) is 0 Å². The van der Waals surface area contributed by atoms with Gasteiger partial charge in [0.15, 0.2) is 0 Å². The van der Waals surface area contributed by atoms with E-state index in [9.17, 15) is 4.79 Å². The lowest BCUT2D eigenvalue weighted by atomic mass is 10.2. The van der Waals surface area contributed by atoms with E-state index in [1.54, 1.807) is 6.07 Å². The molecule has 1 saturated carbocycles. The van der Waals surface area contributed by atoms with Crippen LogP contribution >= 0.6 is 11.6 Å². The molecule has 0 spiro atoms. The van der Waals surface area contributed by atoms with Crippen LogP contribution in [0, 0.1) is 6.92 Å². The van der Waals surface area contributed by atoms with Crippen LogP contribution in [-0.4, -0.2) is 41.7 Å². The van der Waals surface area contributed by atoms with Crippen molar-refractivity contribution in [1.29, 1.82) is 0 Å². The number of benzene rings is 1. The minimum atomic E-state index is -0.0258. The van der Waals surface area contributed by atoms with Gasteiger partial charge in [0.2, 0.25) is 5.91 Å². The van der Waals surface area contributed by atoms with Crippen LogP contribution in [0.15, 0.2) is 18.2 Å². The topological polar surface area (TPSA) is 52.6 Å². The maximum Gasteiger partial charge on any atom is 0.238 e. The summed E-state index contributed by atoms with van der Waals surface area (Å²) in [6.45, 7) is 3.39. The second kappa shape index (κ2) is 7.78. The van der Waals surface area contributed by atoms with Gasteiger partial charge in [0.05, 0.1) is 17.3 Å². The Kier molecular flexibility index (Phi) is 6.03. The molecule has 0 heterocycles. The van der Waals surface area contributed by atoms with E-state index >= 15 is 0 Å². The summed E-state index contributed by atoms with van der Waals surface area (Å²) < 4.78 is 0. The molecule has 1 aliphatic carbocycles. The smallest absolute Gasteiger partial charge is 0.238 e. The van der Waals surface area contributed by atoms with Crippen molar-refractivity contribution >= 4 is 23.2 Å². The zero-order valence-electron chi connectivity index (χ0n) is 12.4. The molecular weight excluding hydrogens is 288 g/mol. The first-order valence-electron chi connectivity index (χ1n) is 7.51. The number of nitrogens with zero attached hydrogens (tertiary/aromatic N) is 1. The summed E-state index contributed by atoms with van der Waals surface area (Å²) in [7, 11) is 0. The molecule has 0 saturated heterocycles. The molecule has 0 radical (unpaired) electrons. The lowest BCUT2D eigenvalue weighted by Gasteiger charge is -2.21. The van der Waals surface area contributed by atoms with Crippen LogP contribution < -0.4 is 5.32 Å². The first-order valence-corrected chi connectivity index (χ1v) is 7.89. The number of anilines is 1. The molecule has 21 heavy (non-hydrogen) atoms. The second-order valence-corrected chi connectivity index (χ2v) is 6.02. The third kappa shape index (κ3) is 4.99. The molecule has 2 N–H and O–H groups in total. The van der Waals surface area contributed by atoms with E-state index < -0.39 is 0 Å². The van der Waals surface area contributed by atoms with E-state index in [0.717, 1.165) is 37.8 Å². The molecule has 1 fully saturated rings. The fraction of sp³-hybridized carbons (Fsp3) is 0.562. The van der Waals surface area contributed by atoms with Crippen LogP contribution in [0.1, 0.15) is 31.2 Å². The molecule has 1 aromatic rings. The van der Waals surface area contributed by atoms with E-state index in [-0.39, 0.29) is 12.5 Å². The number of halogens is 1. The SMILES string of the molecule is Cc1cccc(Cl)c1NC(=O)CN(CCCCO)C1CC1.